The van der Waals surface area contributed by atoms with E-state index in [4.69, 9.17) is 4.74 Å². The van der Waals surface area contributed by atoms with Gasteiger partial charge in [-0.1, -0.05) is 12.1 Å². The lowest BCUT2D eigenvalue weighted by atomic mass is 10.1. The van der Waals surface area contributed by atoms with Crippen LogP contribution in [0.4, 0.5) is 18.9 Å². The molecule has 0 aliphatic heterocycles. The van der Waals surface area contributed by atoms with Gasteiger partial charge in [0.05, 0.1) is 17.4 Å². The number of rotatable bonds is 5. The minimum Gasteiger partial charge on any atom is -0.491 e. The fourth-order valence-electron chi connectivity index (χ4n) is 3.09. The largest absolute Gasteiger partial charge is 0.491 e. The van der Waals surface area contributed by atoms with Crippen molar-refractivity contribution in [2.45, 2.75) is 39.1 Å². The molecule has 0 aliphatic carbocycles. The smallest absolute Gasteiger partial charge is 0.418 e. The molecule has 0 aliphatic rings. The molecule has 0 saturated carbocycles. The van der Waals surface area contributed by atoms with Gasteiger partial charge in [-0.05, 0) is 62.6 Å². The second-order valence-electron chi connectivity index (χ2n) is 7.15. The van der Waals surface area contributed by atoms with Crippen LogP contribution in [0.5, 0.6) is 5.75 Å². The third-order valence-electron chi connectivity index (χ3n) is 4.56. The van der Waals surface area contributed by atoms with Crippen LogP contribution in [0.2, 0.25) is 0 Å². The van der Waals surface area contributed by atoms with Gasteiger partial charge < -0.3 is 14.6 Å². The molecular weight excluding hydrogens is 397 g/mol. The van der Waals surface area contributed by atoms with Crippen molar-refractivity contribution in [2.75, 3.05) is 5.32 Å². The van der Waals surface area contributed by atoms with E-state index in [9.17, 15) is 22.8 Å². The van der Waals surface area contributed by atoms with Crippen molar-refractivity contribution >= 4 is 22.4 Å². The highest BCUT2D eigenvalue weighted by Crippen LogP contribution is 2.34. The molecule has 3 rings (SSSR count). The summed E-state index contributed by atoms with van der Waals surface area (Å²) in [7, 11) is 0. The normalized spacial score (nSPS) is 12.8. The first-order valence-electron chi connectivity index (χ1n) is 9.36. The molecule has 3 aromatic rings. The summed E-state index contributed by atoms with van der Waals surface area (Å²) < 4.78 is 46.3. The van der Waals surface area contributed by atoms with Crippen molar-refractivity contribution in [3.63, 3.8) is 0 Å². The Morgan fingerprint density at radius 2 is 1.77 bits per heavy atom. The Morgan fingerprint density at radius 3 is 2.43 bits per heavy atom. The van der Waals surface area contributed by atoms with Gasteiger partial charge in [-0.3, -0.25) is 9.59 Å². The molecule has 1 aromatic heterocycles. The fourth-order valence-corrected chi connectivity index (χ4v) is 3.09. The maximum atomic E-state index is 13.2. The van der Waals surface area contributed by atoms with Crippen LogP contribution in [0.3, 0.4) is 0 Å². The highest BCUT2D eigenvalue weighted by molar-refractivity contribution is 5.94. The number of aromatic nitrogens is 1. The lowest BCUT2D eigenvalue weighted by molar-refractivity contribution is -0.137. The van der Waals surface area contributed by atoms with E-state index in [0.29, 0.717) is 16.5 Å². The molecule has 2 aromatic carbocycles. The SMILES string of the molecule is CC(C)Oc1ccc2c(=O)n(C(C)C(=O)Nc3ccccc3C(F)(F)F)ccc2c1. The van der Waals surface area contributed by atoms with E-state index in [1.54, 1.807) is 24.3 Å². The second-order valence-corrected chi connectivity index (χ2v) is 7.15. The summed E-state index contributed by atoms with van der Waals surface area (Å²) in [6.45, 7) is 5.23. The van der Waals surface area contributed by atoms with E-state index in [-0.39, 0.29) is 11.8 Å². The predicted octanol–water partition coefficient (Wildman–Crippen LogP) is 5.01. The lowest BCUT2D eigenvalue weighted by Gasteiger charge is -2.18. The van der Waals surface area contributed by atoms with Gasteiger partial charge in [0.25, 0.3) is 5.56 Å². The Morgan fingerprint density at radius 1 is 1.07 bits per heavy atom. The predicted molar refractivity (Wildman–Crippen MR) is 109 cm³/mol. The molecule has 1 amide bonds. The molecule has 158 valence electrons. The number of alkyl halides is 3. The van der Waals surface area contributed by atoms with Gasteiger partial charge in [-0.15, -0.1) is 0 Å². The fraction of sp³-hybridized carbons (Fsp3) is 0.273. The maximum Gasteiger partial charge on any atom is 0.418 e. The first kappa shape index (κ1) is 21.4. The minimum absolute atomic E-state index is 0.0221. The van der Waals surface area contributed by atoms with Crippen LogP contribution in [0.15, 0.2) is 59.5 Å². The average Bonchev–Trinajstić information content (AvgIpc) is 2.67. The second kappa shape index (κ2) is 8.22. The molecule has 1 heterocycles. The van der Waals surface area contributed by atoms with Crippen LogP contribution in [-0.2, 0) is 11.0 Å². The summed E-state index contributed by atoms with van der Waals surface area (Å²) in [5.41, 5.74) is -1.73. The van der Waals surface area contributed by atoms with E-state index < -0.39 is 29.2 Å². The summed E-state index contributed by atoms with van der Waals surface area (Å²) in [5.74, 6) is -0.114. The van der Waals surface area contributed by atoms with E-state index in [2.05, 4.69) is 5.32 Å². The Bertz CT molecular complexity index is 1140. The molecule has 0 radical (unpaired) electrons. The zero-order valence-electron chi connectivity index (χ0n) is 16.7. The van der Waals surface area contributed by atoms with Gasteiger partial charge in [-0.25, -0.2) is 0 Å². The van der Waals surface area contributed by atoms with Gasteiger partial charge in [0, 0.05) is 11.6 Å². The van der Waals surface area contributed by atoms with Gasteiger partial charge >= 0.3 is 6.18 Å². The molecule has 1 unspecified atom stereocenters. The monoisotopic (exact) mass is 418 g/mol. The molecule has 8 heteroatoms. The Labute approximate surface area is 171 Å². The van der Waals surface area contributed by atoms with Crippen LogP contribution in [-0.4, -0.2) is 16.6 Å². The number of para-hydroxylation sites is 1. The molecule has 0 bridgehead atoms. The molecule has 5 nitrogen and oxygen atoms in total. The van der Waals surface area contributed by atoms with E-state index in [0.717, 1.165) is 6.07 Å². The van der Waals surface area contributed by atoms with Gasteiger partial charge in [-0.2, -0.15) is 13.2 Å². The summed E-state index contributed by atoms with van der Waals surface area (Å²) in [6.07, 6.45) is -3.18. The first-order valence-corrected chi connectivity index (χ1v) is 9.36. The Balaban J connectivity index is 1.90. The van der Waals surface area contributed by atoms with Crippen LogP contribution >= 0.6 is 0 Å². The highest BCUT2D eigenvalue weighted by atomic mass is 19.4. The summed E-state index contributed by atoms with van der Waals surface area (Å²) in [5, 5.41) is 3.30. The number of nitrogens with one attached hydrogen (secondary N) is 1. The molecule has 0 fully saturated rings. The van der Waals surface area contributed by atoms with Crippen molar-refractivity contribution in [3.05, 3.63) is 70.6 Å². The van der Waals surface area contributed by atoms with Crippen LogP contribution in [0.1, 0.15) is 32.4 Å². The number of halogens is 3. The van der Waals surface area contributed by atoms with Crippen molar-refractivity contribution in [2.24, 2.45) is 0 Å². The van der Waals surface area contributed by atoms with Crippen molar-refractivity contribution in [1.29, 1.82) is 0 Å². The van der Waals surface area contributed by atoms with E-state index in [1.807, 2.05) is 13.8 Å². The third-order valence-corrected chi connectivity index (χ3v) is 4.56. The van der Waals surface area contributed by atoms with E-state index >= 15 is 0 Å². The topological polar surface area (TPSA) is 60.3 Å². The third kappa shape index (κ3) is 4.48. The highest BCUT2D eigenvalue weighted by Gasteiger charge is 2.34. The number of fused-ring (bicyclic) bond motifs is 1. The number of anilines is 1. The summed E-state index contributed by atoms with van der Waals surface area (Å²) in [4.78, 5) is 25.4. The summed E-state index contributed by atoms with van der Waals surface area (Å²) in [6, 6.07) is 10.3. The molecule has 0 saturated heterocycles. The molecule has 30 heavy (non-hydrogen) atoms. The van der Waals surface area contributed by atoms with Crippen LogP contribution < -0.4 is 15.6 Å². The standard InChI is InChI=1S/C22H21F3N2O3/c1-13(2)30-16-8-9-17-15(12-16)10-11-27(21(17)29)14(3)20(28)26-19-7-5-4-6-18(19)22(23,24)25/h4-14H,1-3H3,(H,26,28). The number of carbonyl (C=O) groups excluding carboxylic acids is 1. The number of ether oxygens (including phenoxy) is 1. The zero-order chi connectivity index (χ0) is 22.1. The number of nitrogens with zero attached hydrogens (tertiary/aromatic N) is 1. The minimum atomic E-state index is -4.61. The number of hydrogen-bond acceptors (Lipinski definition) is 3. The number of carbonyl (C=O) groups is 1. The van der Waals surface area contributed by atoms with E-state index in [1.165, 1.54) is 35.9 Å². The van der Waals surface area contributed by atoms with Gasteiger partial charge in [0.15, 0.2) is 0 Å². The first-order chi connectivity index (χ1) is 14.1. The Hall–Kier alpha value is -3.29. The van der Waals surface area contributed by atoms with Crippen LogP contribution in [0, 0.1) is 0 Å². The van der Waals surface area contributed by atoms with Crippen molar-refractivity contribution in [3.8, 4) is 5.75 Å². The molecule has 1 N–H and O–H groups in total. The lowest BCUT2D eigenvalue weighted by Crippen LogP contribution is -2.31. The molecule has 0 spiro atoms. The number of benzene rings is 2. The average molecular weight is 418 g/mol. The number of pyridine rings is 1. The van der Waals surface area contributed by atoms with Crippen LogP contribution in [0.25, 0.3) is 10.8 Å². The number of amides is 1. The Kier molecular flexibility index (Phi) is 5.87. The number of hydrogen-bond donors (Lipinski definition) is 1. The van der Waals surface area contributed by atoms with Gasteiger partial charge in [0.2, 0.25) is 5.91 Å². The maximum absolute atomic E-state index is 13.2. The van der Waals surface area contributed by atoms with Crippen molar-refractivity contribution < 1.29 is 22.7 Å². The molecule has 1 atom stereocenters. The van der Waals surface area contributed by atoms with Gasteiger partial charge in [0.1, 0.15) is 11.8 Å². The zero-order valence-corrected chi connectivity index (χ0v) is 16.7. The summed E-state index contributed by atoms with van der Waals surface area (Å²) >= 11 is 0. The quantitative estimate of drug-likeness (QED) is 0.634. The molecular formula is C22H21F3N2O3. The van der Waals surface area contributed by atoms with Crippen molar-refractivity contribution in [1.82, 2.24) is 4.57 Å².